The van der Waals surface area contributed by atoms with Crippen molar-refractivity contribution in [3.63, 3.8) is 0 Å². The number of anilines is 1. The molecule has 216 valence electrons. The zero-order chi connectivity index (χ0) is 29.0. The van der Waals surface area contributed by atoms with Crippen molar-refractivity contribution in [2.75, 3.05) is 12.8 Å². The van der Waals surface area contributed by atoms with Crippen molar-refractivity contribution in [2.45, 2.75) is 90.5 Å². The van der Waals surface area contributed by atoms with Crippen LogP contribution >= 0.6 is 11.3 Å². The van der Waals surface area contributed by atoms with Gasteiger partial charge in [-0.1, -0.05) is 26.0 Å². The molecule has 4 aliphatic rings. The van der Waals surface area contributed by atoms with Gasteiger partial charge in [0.25, 0.3) is 0 Å². The van der Waals surface area contributed by atoms with Crippen LogP contribution in [0.2, 0.25) is 0 Å². The third-order valence-corrected chi connectivity index (χ3v) is 9.64. The van der Waals surface area contributed by atoms with E-state index in [1.54, 1.807) is 17.5 Å². The van der Waals surface area contributed by atoms with Crippen molar-refractivity contribution >= 4 is 35.5 Å². The average molecular weight is 570 g/mol. The fraction of sp³-hybridized carbons (Fsp3) is 0.621. The molecule has 4 fully saturated rings. The number of nitrogens with zero attached hydrogens (tertiary/aromatic N) is 1. The standard InChI is InChI=1S/C29H40BN3O6S/c1-27(2,3)37-25(35)19-10-8-9-16(24(19)36-7)11-22(33-23(34)14-18-15-40-26(31)32-18)30-38-21-13-17-12-20(28(17,4)5)29(21,6)39-30/h8-10,15,17,20-22H,11-14H2,1-7H3,(H2,31,32)(H,33,34). The SMILES string of the molecule is COc1c(CC(NC(=O)Cc2csc(N)n2)B2OC3CC4CC(C4(C)C)C3(C)O2)cccc1C(=O)OC(C)(C)C. The van der Waals surface area contributed by atoms with E-state index in [2.05, 4.69) is 31.1 Å². The van der Waals surface area contributed by atoms with Crippen LogP contribution < -0.4 is 15.8 Å². The van der Waals surface area contributed by atoms with E-state index < -0.39 is 30.2 Å². The molecule has 5 atom stereocenters. The molecule has 3 aliphatic carbocycles. The molecule has 40 heavy (non-hydrogen) atoms. The molecule has 2 aromatic rings. The number of nitrogens with one attached hydrogen (secondary N) is 1. The number of nitrogens with two attached hydrogens (primary N) is 1. The number of ether oxygens (including phenoxy) is 2. The van der Waals surface area contributed by atoms with Crippen molar-refractivity contribution < 1.29 is 28.4 Å². The largest absolute Gasteiger partial charge is 0.496 e. The second kappa shape index (κ2) is 10.3. The number of amides is 1. The van der Waals surface area contributed by atoms with Gasteiger partial charge in [0.15, 0.2) is 5.13 Å². The van der Waals surface area contributed by atoms with E-state index in [4.69, 9.17) is 24.5 Å². The summed E-state index contributed by atoms with van der Waals surface area (Å²) in [4.78, 5) is 30.5. The summed E-state index contributed by atoms with van der Waals surface area (Å²) in [6.45, 7) is 12.3. The van der Waals surface area contributed by atoms with Crippen molar-refractivity contribution in [1.29, 1.82) is 0 Å². The molecule has 9 nitrogen and oxygen atoms in total. The van der Waals surface area contributed by atoms with Gasteiger partial charge < -0.3 is 29.8 Å². The molecule has 1 saturated heterocycles. The van der Waals surface area contributed by atoms with Gasteiger partial charge in [-0.2, -0.15) is 0 Å². The first-order valence-corrected chi connectivity index (χ1v) is 14.8. The Balaban J connectivity index is 1.42. The second-order valence-electron chi connectivity index (χ2n) is 13.1. The number of carbonyl (C=O) groups excluding carboxylic acids is 2. The molecule has 1 aromatic carbocycles. The molecule has 1 aromatic heterocycles. The minimum absolute atomic E-state index is 0.0398. The highest BCUT2D eigenvalue weighted by molar-refractivity contribution is 7.13. The van der Waals surface area contributed by atoms with Crippen LogP contribution in [0.5, 0.6) is 5.75 Å². The van der Waals surface area contributed by atoms with Crippen molar-refractivity contribution in [3.05, 3.63) is 40.4 Å². The van der Waals surface area contributed by atoms with Crippen molar-refractivity contribution in [3.8, 4) is 5.75 Å². The third-order valence-electron chi connectivity index (χ3n) is 8.91. The van der Waals surface area contributed by atoms with Gasteiger partial charge in [0, 0.05) is 5.38 Å². The lowest BCUT2D eigenvalue weighted by Gasteiger charge is -2.64. The summed E-state index contributed by atoms with van der Waals surface area (Å²) < 4.78 is 24.7. The van der Waals surface area contributed by atoms with Gasteiger partial charge in [-0.15, -0.1) is 11.3 Å². The summed E-state index contributed by atoms with van der Waals surface area (Å²) in [5, 5.41) is 5.35. The maximum absolute atomic E-state index is 13.2. The summed E-state index contributed by atoms with van der Waals surface area (Å²) in [6.07, 6.45) is 2.44. The molecular formula is C29H40BN3O6S. The van der Waals surface area contributed by atoms with Crippen LogP contribution in [0.25, 0.3) is 0 Å². The minimum Gasteiger partial charge on any atom is -0.496 e. The molecule has 11 heteroatoms. The Morgan fingerprint density at radius 2 is 2.02 bits per heavy atom. The Labute approximate surface area is 240 Å². The lowest BCUT2D eigenvalue weighted by molar-refractivity contribution is -0.199. The van der Waals surface area contributed by atoms with Crippen LogP contribution in [-0.4, -0.2) is 54.3 Å². The van der Waals surface area contributed by atoms with Crippen LogP contribution in [0.4, 0.5) is 5.13 Å². The summed E-state index contributed by atoms with van der Waals surface area (Å²) in [6, 6.07) is 5.36. The highest BCUT2D eigenvalue weighted by atomic mass is 32.1. The Morgan fingerprint density at radius 1 is 1.27 bits per heavy atom. The zero-order valence-corrected chi connectivity index (χ0v) is 25.2. The average Bonchev–Trinajstić information content (AvgIpc) is 3.43. The number of para-hydroxylation sites is 1. The van der Waals surface area contributed by atoms with Crippen LogP contribution in [0.3, 0.4) is 0 Å². The first-order chi connectivity index (χ1) is 18.7. The predicted octanol–water partition coefficient (Wildman–Crippen LogP) is 4.23. The number of aromatic nitrogens is 1. The van der Waals surface area contributed by atoms with Crippen molar-refractivity contribution in [1.82, 2.24) is 10.3 Å². The number of nitrogen functional groups attached to an aromatic ring is 1. The van der Waals surface area contributed by atoms with Crippen LogP contribution in [0.15, 0.2) is 23.6 Å². The smallest absolute Gasteiger partial charge is 0.482 e. The Morgan fingerprint density at radius 3 is 2.65 bits per heavy atom. The minimum atomic E-state index is -0.663. The molecule has 2 bridgehead atoms. The van der Waals surface area contributed by atoms with Gasteiger partial charge in [-0.25, -0.2) is 9.78 Å². The number of methoxy groups -OCH3 is 1. The molecule has 3 saturated carbocycles. The molecular weight excluding hydrogens is 529 g/mol. The fourth-order valence-corrected chi connectivity index (χ4v) is 7.39. The molecule has 1 aliphatic heterocycles. The molecule has 3 N–H and O–H groups in total. The van der Waals surface area contributed by atoms with E-state index >= 15 is 0 Å². The van der Waals surface area contributed by atoms with Gasteiger partial charge >= 0.3 is 13.1 Å². The lowest BCUT2D eigenvalue weighted by Crippen LogP contribution is -2.65. The molecule has 0 spiro atoms. The topological polar surface area (TPSA) is 122 Å². The molecule has 5 unspecified atom stereocenters. The highest BCUT2D eigenvalue weighted by Crippen LogP contribution is 2.65. The van der Waals surface area contributed by atoms with E-state index in [-0.39, 0.29) is 23.8 Å². The summed E-state index contributed by atoms with van der Waals surface area (Å²) >= 11 is 1.30. The van der Waals surface area contributed by atoms with Crippen LogP contribution in [0.1, 0.15) is 76.0 Å². The number of benzene rings is 1. The van der Waals surface area contributed by atoms with Crippen LogP contribution in [-0.2, 0) is 31.7 Å². The van der Waals surface area contributed by atoms with Gasteiger partial charge in [0.05, 0.1) is 36.9 Å². The monoisotopic (exact) mass is 569 g/mol. The number of carbonyl (C=O) groups is 2. The van der Waals surface area contributed by atoms with Gasteiger partial charge in [0.2, 0.25) is 5.91 Å². The van der Waals surface area contributed by atoms with Crippen LogP contribution in [0, 0.1) is 17.3 Å². The number of hydrogen-bond acceptors (Lipinski definition) is 9. The zero-order valence-electron chi connectivity index (χ0n) is 24.4. The lowest BCUT2D eigenvalue weighted by atomic mass is 9.43. The first-order valence-electron chi connectivity index (χ1n) is 13.9. The summed E-state index contributed by atoms with van der Waals surface area (Å²) in [5.74, 6) is 0.179. The number of rotatable bonds is 8. The molecule has 2 heterocycles. The summed E-state index contributed by atoms with van der Waals surface area (Å²) in [7, 11) is 0.866. The first kappa shape index (κ1) is 28.9. The fourth-order valence-electron chi connectivity index (χ4n) is 6.83. The Kier molecular flexibility index (Phi) is 7.46. The second-order valence-corrected chi connectivity index (χ2v) is 14.0. The highest BCUT2D eigenvalue weighted by Gasteiger charge is 2.68. The molecule has 6 rings (SSSR count). The predicted molar refractivity (Wildman–Crippen MR) is 154 cm³/mol. The van der Waals surface area contributed by atoms with Gasteiger partial charge in [-0.05, 0) is 75.8 Å². The Bertz CT molecular complexity index is 1290. The Hall–Kier alpha value is -2.63. The summed E-state index contributed by atoms with van der Waals surface area (Å²) in [5.41, 5.74) is 6.56. The van der Waals surface area contributed by atoms with E-state index in [1.165, 1.54) is 18.4 Å². The number of esters is 1. The number of hydrogen-bond donors (Lipinski definition) is 2. The maximum Gasteiger partial charge on any atom is 0.482 e. The maximum atomic E-state index is 13.2. The van der Waals surface area contributed by atoms with Gasteiger partial charge in [0.1, 0.15) is 16.9 Å². The number of thiazole rings is 1. The third kappa shape index (κ3) is 5.35. The molecule has 1 amide bonds. The van der Waals surface area contributed by atoms with E-state index in [0.29, 0.717) is 40.4 Å². The van der Waals surface area contributed by atoms with Gasteiger partial charge in [-0.3, -0.25) is 4.79 Å². The van der Waals surface area contributed by atoms with E-state index in [9.17, 15) is 9.59 Å². The molecule has 0 radical (unpaired) electrons. The normalized spacial score (nSPS) is 27.4. The van der Waals surface area contributed by atoms with Crippen molar-refractivity contribution in [2.24, 2.45) is 17.3 Å². The van der Waals surface area contributed by atoms with E-state index in [1.807, 2.05) is 26.8 Å². The van der Waals surface area contributed by atoms with E-state index in [0.717, 1.165) is 18.4 Å². The quantitative estimate of drug-likeness (QED) is 0.358.